The van der Waals surface area contributed by atoms with Crippen LogP contribution in [0, 0.1) is 6.92 Å². The molecule has 1 aliphatic carbocycles. The lowest BCUT2D eigenvalue weighted by atomic mass is 10.2. The summed E-state index contributed by atoms with van der Waals surface area (Å²) in [7, 11) is 3.71. The molecule has 100 valence electrons. The van der Waals surface area contributed by atoms with E-state index in [9.17, 15) is 0 Å². The number of nitrogens with one attached hydrogen (secondary N) is 1. The van der Waals surface area contributed by atoms with Gasteiger partial charge in [-0.15, -0.1) is 0 Å². The van der Waals surface area contributed by atoms with E-state index in [0.717, 1.165) is 25.5 Å². The Balaban J connectivity index is 2.13. The zero-order chi connectivity index (χ0) is 13.0. The molecule has 18 heavy (non-hydrogen) atoms. The number of aromatic nitrogens is 1. The first-order chi connectivity index (χ1) is 8.76. The Morgan fingerprint density at radius 3 is 2.83 bits per heavy atom. The fourth-order valence-corrected chi connectivity index (χ4v) is 2.26. The first-order valence-corrected chi connectivity index (χ1v) is 6.62. The maximum Gasteiger partial charge on any atom is 0.131 e. The minimum absolute atomic E-state index is 0.668. The molecule has 2 rings (SSSR count). The molecule has 4 heteroatoms. The average Bonchev–Trinajstić information content (AvgIpc) is 3.17. The number of ether oxygens (including phenoxy) is 1. The van der Waals surface area contributed by atoms with Crippen LogP contribution in [-0.2, 0) is 11.3 Å². The Morgan fingerprint density at radius 2 is 2.28 bits per heavy atom. The number of hydrogen-bond donors (Lipinski definition) is 1. The molecule has 0 aliphatic heterocycles. The van der Waals surface area contributed by atoms with Gasteiger partial charge in [0.25, 0.3) is 0 Å². The van der Waals surface area contributed by atoms with Crippen molar-refractivity contribution in [3.63, 3.8) is 0 Å². The van der Waals surface area contributed by atoms with Crippen molar-refractivity contribution < 1.29 is 4.74 Å². The molecule has 0 atom stereocenters. The van der Waals surface area contributed by atoms with Crippen LogP contribution in [0.25, 0.3) is 0 Å². The molecule has 1 aromatic heterocycles. The second kappa shape index (κ2) is 6.16. The van der Waals surface area contributed by atoms with Gasteiger partial charge in [-0.1, -0.05) is 0 Å². The quantitative estimate of drug-likeness (QED) is 0.798. The molecule has 0 radical (unpaired) electrons. The van der Waals surface area contributed by atoms with Crippen LogP contribution in [0.1, 0.15) is 24.0 Å². The second-order valence-corrected chi connectivity index (χ2v) is 4.93. The lowest BCUT2D eigenvalue weighted by molar-refractivity contribution is 0.204. The van der Waals surface area contributed by atoms with Crippen LogP contribution in [0.2, 0.25) is 0 Å². The van der Waals surface area contributed by atoms with Crippen LogP contribution in [0.5, 0.6) is 0 Å². The summed E-state index contributed by atoms with van der Waals surface area (Å²) >= 11 is 0. The van der Waals surface area contributed by atoms with E-state index in [0.29, 0.717) is 6.04 Å². The third-order valence-corrected chi connectivity index (χ3v) is 3.28. The van der Waals surface area contributed by atoms with Crippen molar-refractivity contribution in [2.45, 2.75) is 32.4 Å². The van der Waals surface area contributed by atoms with Gasteiger partial charge in [-0.3, -0.25) is 0 Å². The highest BCUT2D eigenvalue weighted by Gasteiger charge is 2.30. The van der Waals surface area contributed by atoms with E-state index in [1.165, 1.54) is 24.0 Å². The van der Waals surface area contributed by atoms with Gasteiger partial charge in [0.15, 0.2) is 0 Å². The number of methoxy groups -OCH3 is 1. The van der Waals surface area contributed by atoms with E-state index in [2.05, 4.69) is 28.2 Å². The summed E-state index contributed by atoms with van der Waals surface area (Å²) in [5, 5.41) is 3.16. The van der Waals surface area contributed by atoms with Gasteiger partial charge in [0.1, 0.15) is 5.82 Å². The average molecular weight is 249 g/mol. The number of nitrogens with zero attached hydrogens (tertiary/aromatic N) is 2. The van der Waals surface area contributed by atoms with E-state index < -0.39 is 0 Å². The van der Waals surface area contributed by atoms with Crippen molar-refractivity contribution in [2.75, 3.05) is 32.2 Å². The number of rotatable bonds is 7. The molecule has 0 spiro atoms. The largest absolute Gasteiger partial charge is 0.383 e. The minimum atomic E-state index is 0.668. The molecular formula is C14H23N3O. The summed E-state index contributed by atoms with van der Waals surface area (Å²) in [5.41, 5.74) is 2.49. The number of anilines is 1. The predicted octanol–water partition coefficient (Wildman–Crippen LogP) is 1.72. The van der Waals surface area contributed by atoms with Gasteiger partial charge in [0.2, 0.25) is 0 Å². The fourth-order valence-electron chi connectivity index (χ4n) is 2.26. The van der Waals surface area contributed by atoms with Crippen molar-refractivity contribution in [1.29, 1.82) is 0 Å². The lowest BCUT2D eigenvalue weighted by Crippen LogP contribution is -2.31. The van der Waals surface area contributed by atoms with Crippen LogP contribution in [0.4, 0.5) is 5.82 Å². The van der Waals surface area contributed by atoms with E-state index in [1.807, 2.05) is 13.2 Å². The molecular weight excluding hydrogens is 226 g/mol. The Hall–Kier alpha value is -1.13. The number of aryl methyl sites for hydroxylation is 1. The molecule has 0 amide bonds. The maximum atomic E-state index is 5.19. The molecule has 1 saturated carbocycles. The molecule has 1 fully saturated rings. The van der Waals surface area contributed by atoms with Gasteiger partial charge in [-0.2, -0.15) is 0 Å². The monoisotopic (exact) mass is 249 g/mol. The highest BCUT2D eigenvalue weighted by atomic mass is 16.5. The van der Waals surface area contributed by atoms with Crippen molar-refractivity contribution in [2.24, 2.45) is 0 Å². The zero-order valence-corrected chi connectivity index (χ0v) is 11.6. The van der Waals surface area contributed by atoms with Gasteiger partial charge >= 0.3 is 0 Å². The SMILES string of the molecule is CNCc1cnc(N(CCOC)C2CC2)c(C)c1. The number of pyridine rings is 1. The van der Waals surface area contributed by atoms with E-state index >= 15 is 0 Å². The first kappa shape index (κ1) is 13.3. The fraction of sp³-hybridized carbons (Fsp3) is 0.643. The van der Waals surface area contributed by atoms with Crippen LogP contribution < -0.4 is 10.2 Å². The standard InChI is InChI=1S/C14H23N3O/c1-11-8-12(9-15-2)10-16-14(11)17(6-7-18-3)13-4-5-13/h8,10,13,15H,4-7,9H2,1-3H3. The van der Waals surface area contributed by atoms with Crippen LogP contribution in [-0.4, -0.2) is 38.3 Å². The van der Waals surface area contributed by atoms with Crippen LogP contribution >= 0.6 is 0 Å². The topological polar surface area (TPSA) is 37.4 Å². The third-order valence-electron chi connectivity index (χ3n) is 3.28. The summed E-state index contributed by atoms with van der Waals surface area (Å²) in [6, 6.07) is 2.89. The minimum Gasteiger partial charge on any atom is -0.383 e. The van der Waals surface area contributed by atoms with Gasteiger partial charge in [0.05, 0.1) is 6.61 Å². The summed E-state index contributed by atoms with van der Waals surface area (Å²) in [4.78, 5) is 7.03. The van der Waals surface area contributed by atoms with Crippen LogP contribution in [0.3, 0.4) is 0 Å². The number of hydrogen-bond acceptors (Lipinski definition) is 4. The molecule has 1 aromatic rings. The Labute approximate surface area is 109 Å². The zero-order valence-electron chi connectivity index (χ0n) is 11.6. The predicted molar refractivity (Wildman–Crippen MR) is 74.0 cm³/mol. The Bertz CT molecular complexity index is 391. The maximum absolute atomic E-state index is 5.19. The highest BCUT2D eigenvalue weighted by molar-refractivity contribution is 5.49. The first-order valence-electron chi connectivity index (χ1n) is 6.62. The smallest absolute Gasteiger partial charge is 0.131 e. The second-order valence-electron chi connectivity index (χ2n) is 4.93. The van der Waals surface area contributed by atoms with Crippen molar-refractivity contribution in [1.82, 2.24) is 10.3 Å². The molecule has 0 saturated heterocycles. The van der Waals surface area contributed by atoms with E-state index in [1.54, 1.807) is 7.11 Å². The van der Waals surface area contributed by atoms with E-state index in [4.69, 9.17) is 4.74 Å². The van der Waals surface area contributed by atoms with Crippen LogP contribution in [0.15, 0.2) is 12.3 Å². The van der Waals surface area contributed by atoms with Gasteiger partial charge in [-0.25, -0.2) is 4.98 Å². The van der Waals surface area contributed by atoms with Gasteiger partial charge < -0.3 is 15.0 Å². The highest BCUT2D eigenvalue weighted by Crippen LogP contribution is 2.32. The summed E-state index contributed by atoms with van der Waals surface area (Å²) in [6.07, 6.45) is 4.53. The molecule has 0 unspecified atom stereocenters. The van der Waals surface area contributed by atoms with Gasteiger partial charge in [0, 0.05) is 32.4 Å². The molecule has 1 N–H and O–H groups in total. The summed E-state index contributed by atoms with van der Waals surface area (Å²) in [6.45, 7) is 4.70. The summed E-state index contributed by atoms with van der Waals surface area (Å²) in [5.74, 6) is 1.12. The third kappa shape index (κ3) is 3.21. The molecule has 0 aromatic carbocycles. The lowest BCUT2D eigenvalue weighted by Gasteiger charge is -2.25. The molecule has 1 aliphatic rings. The van der Waals surface area contributed by atoms with Crippen molar-refractivity contribution in [3.05, 3.63) is 23.4 Å². The molecule has 0 bridgehead atoms. The van der Waals surface area contributed by atoms with Gasteiger partial charge in [-0.05, 0) is 44.0 Å². The van der Waals surface area contributed by atoms with E-state index in [-0.39, 0.29) is 0 Å². The molecule has 1 heterocycles. The Kier molecular flexibility index (Phi) is 4.55. The van der Waals surface area contributed by atoms with Crippen molar-refractivity contribution >= 4 is 5.82 Å². The van der Waals surface area contributed by atoms with Crippen molar-refractivity contribution in [3.8, 4) is 0 Å². The Morgan fingerprint density at radius 1 is 1.50 bits per heavy atom. The summed E-state index contributed by atoms with van der Waals surface area (Å²) < 4.78 is 5.19. The molecule has 4 nitrogen and oxygen atoms in total. The normalized spacial score (nSPS) is 14.8.